The van der Waals surface area contributed by atoms with Gasteiger partial charge in [-0.2, -0.15) is 0 Å². The van der Waals surface area contributed by atoms with Crippen molar-refractivity contribution in [3.05, 3.63) is 32.5 Å². The van der Waals surface area contributed by atoms with Crippen LogP contribution in [0.4, 0.5) is 15.8 Å². The number of nitrogens with zero attached hydrogens (tertiary/aromatic N) is 1. The SMILES string of the molecule is C#CC(CCC)Nc1cc(Br)c(F)cc1[N+](=O)[O-]. The fourth-order valence-corrected chi connectivity index (χ4v) is 1.82. The van der Waals surface area contributed by atoms with Gasteiger partial charge in [0.15, 0.2) is 0 Å². The first kappa shape index (κ1) is 14.5. The Labute approximate surface area is 113 Å². The maximum absolute atomic E-state index is 13.3. The molecule has 1 rings (SSSR count). The summed E-state index contributed by atoms with van der Waals surface area (Å²) in [5.41, 5.74) is -0.114. The largest absolute Gasteiger partial charge is 0.366 e. The molecule has 0 aliphatic heterocycles. The van der Waals surface area contributed by atoms with Gasteiger partial charge in [-0.15, -0.1) is 6.42 Å². The van der Waals surface area contributed by atoms with Gasteiger partial charge in [-0.1, -0.05) is 19.3 Å². The Bertz CT molecular complexity index is 500. The summed E-state index contributed by atoms with van der Waals surface area (Å²) in [6.45, 7) is 1.96. The average molecular weight is 315 g/mol. The Morgan fingerprint density at radius 1 is 1.67 bits per heavy atom. The number of nitro benzene ring substituents is 1. The standard InChI is InChI=1S/C12H12BrFN2O2/c1-3-5-8(4-2)15-11-6-9(13)10(14)7-12(11)16(17)18/h2,6-8,15H,3,5H2,1H3. The van der Waals surface area contributed by atoms with E-state index in [1.165, 1.54) is 6.07 Å². The highest BCUT2D eigenvalue weighted by atomic mass is 79.9. The number of halogens is 2. The van der Waals surface area contributed by atoms with E-state index in [0.29, 0.717) is 6.42 Å². The van der Waals surface area contributed by atoms with Crippen molar-refractivity contribution in [3.63, 3.8) is 0 Å². The van der Waals surface area contributed by atoms with Crippen LogP contribution in [-0.2, 0) is 0 Å². The highest BCUT2D eigenvalue weighted by Gasteiger charge is 2.19. The molecule has 1 unspecified atom stereocenters. The summed E-state index contributed by atoms with van der Waals surface area (Å²) < 4.78 is 13.4. The van der Waals surface area contributed by atoms with Crippen molar-refractivity contribution in [3.8, 4) is 12.3 Å². The maximum Gasteiger partial charge on any atom is 0.295 e. The van der Waals surface area contributed by atoms with Crippen molar-refractivity contribution in [1.29, 1.82) is 0 Å². The number of hydrogen-bond donors (Lipinski definition) is 1. The number of rotatable bonds is 5. The predicted molar refractivity (Wildman–Crippen MR) is 71.9 cm³/mol. The van der Waals surface area contributed by atoms with Crippen LogP contribution < -0.4 is 5.32 Å². The van der Waals surface area contributed by atoms with Crippen molar-refractivity contribution < 1.29 is 9.31 Å². The van der Waals surface area contributed by atoms with Gasteiger partial charge in [0.05, 0.1) is 21.5 Å². The van der Waals surface area contributed by atoms with Gasteiger partial charge in [0.1, 0.15) is 11.5 Å². The van der Waals surface area contributed by atoms with E-state index < -0.39 is 10.7 Å². The fourth-order valence-electron chi connectivity index (χ4n) is 1.48. The number of nitrogens with one attached hydrogen (secondary N) is 1. The Morgan fingerprint density at radius 2 is 2.33 bits per heavy atom. The molecule has 1 aromatic rings. The van der Waals surface area contributed by atoms with Crippen LogP contribution in [0.5, 0.6) is 0 Å². The van der Waals surface area contributed by atoms with Crippen molar-refractivity contribution in [2.45, 2.75) is 25.8 Å². The second-order valence-electron chi connectivity index (χ2n) is 3.69. The molecule has 0 amide bonds. The van der Waals surface area contributed by atoms with Gasteiger partial charge in [0.25, 0.3) is 5.69 Å². The smallest absolute Gasteiger partial charge is 0.295 e. The van der Waals surface area contributed by atoms with Crippen molar-refractivity contribution >= 4 is 27.3 Å². The van der Waals surface area contributed by atoms with Crippen molar-refractivity contribution in [2.24, 2.45) is 0 Å². The van der Waals surface area contributed by atoms with Gasteiger partial charge < -0.3 is 5.32 Å². The lowest BCUT2D eigenvalue weighted by molar-refractivity contribution is -0.384. The monoisotopic (exact) mass is 314 g/mol. The van der Waals surface area contributed by atoms with Crippen molar-refractivity contribution in [1.82, 2.24) is 0 Å². The first-order chi connectivity index (χ1) is 8.49. The van der Waals surface area contributed by atoms with Gasteiger partial charge >= 0.3 is 0 Å². The van der Waals surface area contributed by atoms with Crippen LogP contribution in [0.15, 0.2) is 16.6 Å². The van der Waals surface area contributed by atoms with Crippen LogP contribution in [0, 0.1) is 28.3 Å². The third kappa shape index (κ3) is 3.44. The van der Waals surface area contributed by atoms with Crippen LogP contribution in [-0.4, -0.2) is 11.0 Å². The number of nitro groups is 1. The van der Waals surface area contributed by atoms with E-state index in [4.69, 9.17) is 6.42 Å². The third-order valence-electron chi connectivity index (χ3n) is 2.34. The Kier molecular flexibility index (Phi) is 5.10. The normalized spacial score (nSPS) is 11.7. The lowest BCUT2D eigenvalue weighted by Crippen LogP contribution is -2.17. The highest BCUT2D eigenvalue weighted by molar-refractivity contribution is 9.10. The topological polar surface area (TPSA) is 55.2 Å². The van der Waals surface area contributed by atoms with E-state index in [1.54, 1.807) is 0 Å². The number of benzene rings is 1. The maximum atomic E-state index is 13.3. The molecular formula is C12H12BrFN2O2. The minimum absolute atomic E-state index is 0.155. The average Bonchev–Trinajstić information content (AvgIpc) is 2.32. The molecule has 18 heavy (non-hydrogen) atoms. The zero-order valence-electron chi connectivity index (χ0n) is 9.74. The number of terminal acetylenes is 1. The highest BCUT2D eigenvalue weighted by Crippen LogP contribution is 2.31. The molecule has 6 heteroatoms. The van der Waals surface area contributed by atoms with E-state index in [9.17, 15) is 14.5 Å². The zero-order valence-corrected chi connectivity index (χ0v) is 11.3. The molecular weight excluding hydrogens is 303 g/mol. The quantitative estimate of drug-likeness (QED) is 0.512. The third-order valence-corrected chi connectivity index (χ3v) is 2.95. The fraction of sp³-hybridized carbons (Fsp3) is 0.333. The summed E-state index contributed by atoms with van der Waals surface area (Å²) in [5.74, 6) is 1.83. The van der Waals surface area contributed by atoms with E-state index >= 15 is 0 Å². The molecule has 0 aliphatic carbocycles. The molecule has 1 atom stereocenters. The molecule has 0 aromatic heterocycles. The molecule has 0 aliphatic rings. The first-order valence-electron chi connectivity index (χ1n) is 5.35. The molecule has 1 aromatic carbocycles. The molecule has 0 radical (unpaired) electrons. The predicted octanol–water partition coefficient (Wildman–Crippen LogP) is 3.71. The summed E-state index contributed by atoms with van der Waals surface area (Å²) in [7, 11) is 0. The summed E-state index contributed by atoms with van der Waals surface area (Å²) in [6.07, 6.45) is 6.86. The molecule has 4 nitrogen and oxygen atoms in total. The molecule has 0 saturated heterocycles. The Morgan fingerprint density at radius 3 is 2.83 bits per heavy atom. The molecule has 0 heterocycles. The van der Waals surface area contributed by atoms with Crippen LogP contribution in [0.2, 0.25) is 0 Å². The summed E-state index contributed by atoms with van der Waals surface area (Å²) in [4.78, 5) is 10.2. The number of anilines is 1. The van der Waals surface area contributed by atoms with Crippen LogP contribution in [0.3, 0.4) is 0 Å². The molecule has 0 saturated carbocycles. The Hall–Kier alpha value is -1.61. The lowest BCUT2D eigenvalue weighted by atomic mass is 10.1. The second-order valence-corrected chi connectivity index (χ2v) is 4.55. The minimum Gasteiger partial charge on any atom is -0.366 e. The first-order valence-corrected chi connectivity index (χ1v) is 6.15. The van der Waals surface area contributed by atoms with Crippen LogP contribution in [0.25, 0.3) is 0 Å². The van der Waals surface area contributed by atoms with E-state index in [0.717, 1.165) is 12.5 Å². The second kappa shape index (κ2) is 6.36. The van der Waals surface area contributed by atoms with Gasteiger partial charge in [-0.3, -0.25) is 10.1 Å². The van der Waals surface area contributed by atoms with Crippen molar-refractivity contribution in [2.75, 3.05) is 5.32 Å². The van der Waals surface area contributed by atoms with Crippen LogP contribution >= 0.6 is 15.9 Å². The lowest BCUT2D eigenvalue weighted by Gasteiger charge is -2.14. The Balaban J connectivity index is 3.11. The van der Waals surface area contributed by atoms with Gasteiger partial charge in [0.2, 0.25) is 0 Å². The van der Waals surface area contributed by atoms with Gasteiger partial charge in [-0.25, -0.2) is 4.39 Å². The van der Waals surface area contributed by atoms with E-state index in [1.807, 2.05) is 6.92 Å². The number of hydrogen-bond acceptors (Lipinski definition) is 3. The summed E-state index contributed by atoms with van der Waals surface area (Å²) in [5, 5.41) is 13.7. The zero-order chi connectivity index (χ0) is 13.7. The van der Waals surface area contributed by atoms with E-state index in [2.05, 4.69) is 27.2 Å². The molecule has 0 fully saturated rings. The molecule has 96 valence electrons. The van der Waals surface area contributed by atoms with Gasteiger partial charge in [0, 0.05) is 0 Å². The minimum atomic E-state index is -0.681. The molecule has 0 bridgehead atoms. The molecule has 1 N–H and O–H groups in total. The summed E-state index contributed by atoms with van der Waals surface area (Å²) in [6, 6.07) is 1.88. The van der Waals surface area contributed by atoms with E-state index in [-0.39, 0.29) is 21.9 Å². The molecule has 0 spiro atoms. The van der Waals surface area contributed by atoms with Crippen LogP contribution in [0.1, 0.15) is 19.8 Å². The summed E-state index contributed by atoms with van der Waals surface area (Å²) >= 11 is 2.99. The van der Waals surface area contributed by atoms with Gasteiger partial charge in [-0.05, 0) is 28.4 Å².